The number of benzene rings is 2. The van der Waals surface area contributed by atoms with Crippen LogP contribution in [0.1, 0.15) is 35.2 Å². The summed E-state index contributed by atoms with van der Waals surface area (Å²) in [6, 6.07) is 14.9. The first kappa shape index (κ1) is 27.9. The van der Waals surface area contributed by atoms with Gasteiger partial charge < -0.3 is 16.6 Å². The summed E-state index contributed by atoms with van der Waals surface area (Å²) in [7, 11) is 1.62. The second-order valence-corrected chi connectivity index (χ2v) is 11.0. The van der Waals surface area contributed by atoms with Crippen molar-refractivity contribution < 1.29 is 9.50 Å². The maximum absolute atomic E-state index is 14.8. The molecule has 1 saturated heterocycles. The van der Waals surface area contributed by atoms with Crippen molar-refractivity contribution in [1.82, 2.24) is 14.5 Å². The Morgan fingerprint density at radius 1 is 1.15 bits per heavy atom. The highest BCUT2D eigenvalue weighted by Gasteiger charge is 2.33. The van der Waals surface area contributed by atoms with E-state index in [4.69, 9.17) is 11.5 Å². The Morgan fingerprint density at radius 3 is 2.52 bits per heavy atom. The molecular weight excluding hydrogens is 527 g/mol. The van der Waals surface area contributed by atoms with Crippen molar-refractivity contribution >= 4 is 22.7 Å². The Bertz CT molecular complexity index is 1560. The van der Waals surface area contributed by atoms with Crippen molar-refractivity contribution in [2.75, 3.05) is 25.9 Å². The number of rotatable bonds is 8. The minimum atomic E-state index is -1.10. The normalized spacial score (nSPS) is 15.8. The number of halogens is 1. The van der Waals surface area contributed by atoms with Crippen LogP contribution < -0.4 is 17.0 Å². The molecule has 5 rings (SSSR count). The molecule has 40 heavy (non-hydrogen) atoms. The number of aromatic nitrogens is 2. The van der Waals surface area contributed by atoms with Gasteiger partial charge in [-0.2, -0.15) is 11.3 Å². The van der Waals surface area contributed by atoms with Crippen molar-refractivity contribution in [2.45, 2.75) is 38.1 Å². The molecule has 1 aliphatic heterocycles. The first-order chi connectivity index (χ1) is 19.3. The van der Waals surface area contributed by atoms with E-state index >= 15 is 0 Å². The van der Waals surface area contributed by atoms with Crippen molar-refractivity contribution in [3.05, 3.63) is 104 Å². The summed E-state index contributed by atoms with van der Waals surface area (Å²) in [5.41, 5.74) is 15.5. The molecule has 2 aromatic heterocycles. The molecule has 3 heterocycles. The second-order valence-electron chi connectivity index (χ2n) is 10.2. The van der Waals surface area contributed by atoms with Gasteiger partial charge in [-0.3, -0.25) is 19.3 Å². The number of aliphatic imine (C=N–C) groups is 1. The van der Waals surface area contributed by atoms with Gasteiger partial charge in [-0.05, 0) is 52.4 Å². The van der Waals surface area contributed by atoms with Crippen LogP contribution in [0.2, 0.25) is 0 Å². The first-order valence-electron chi connectivity index (χ1n) is 13.2. The fourth-order valence-corrected chi connectivity index (χ4v) is 5.77. The van der Waals surface area contributed by atoms with E-state index in [1.807, 2.05) is 53.2 Å². The molecule has 0 saturated carbocycles. The first-order valence-corrected chi connectivity index (χ1v) is 14.1. The Kier molecular flexibility index (Phi) is 8.22. The number of nitrogens with zero attached hydrogens (tertiary/aromatic N) is 4. The number of piperidine rings is 1. The largest absolute Gasteiger partial charge is 0.392 e. The molecule has 0 atom stereocenters. The number of hydrogen-bond donors (Lipinski definition) is 3. The molecule has 2 aromatic carbocycles. The highest BCUT2D eigenvalue weighted by Crippen LogP contribution is 2.28. The van der Waals surface area contributed by atoms with Gasteiger partial charge in [0, 0.05) is 44.4 Å². The molecule has 1 fully saturated rings. The quantitative estimate of drug-likeness (QED) is 0.283. The number of aliphatic hydroxyl groups is 1. The number of thiophene rings is 1. The van der Waals surface area contributed by atoms with Crippen molar-refractivity contribution in [1.29, 1.82) is 0 Å². The number of likely N-dealkylation sites (tertiary alicyclic amines) is 1. The summed E-state index contributed by atoms with van der Waals surface area (Å²) in [5.74, 6) is -0.233. The minimum absolute atomic E-state index is 0.0200. The van der Waals surface area contributed by atoms with Crippen LogP contribution in [0.4, 0.5) is 10.1 Å². The van der Waals surface area contributed by atoms with Gasteiger partial charge in [0.25, 0.3) is 5.56 Å². The number of anilines is 1. The number of nitrogens with two attached hydrogens (primary N) is 2. The van der Waals surface area contributed by atoms with Crippen LogP contribution in [0.5, 0.6) is 0 Å². The molecule has 0 radical (unpaired) electrons. The molecule has 4 aromatic rings. The third kappa shape index (κ3) is 5.90. The molecule has 0 aliphatic carbocycles. The van der Waals surface area contributed by atoms with Crippen LogP contribution in [-0.4, -0.2) is 51.0 Å². The van der Waals surface area contributed by atoms with E-state index < -0.39 is 11.2 Å². The standard InChI is InChI=1S/C30H33FN6O2S/c1-34-27(21-4-2-20(15-32)3-5-21)28-26(33)29(38)37(19-35-28)18-30(39)9-11-36(12-10-30)16-23-7-6-22(14-25(23)31)24-8-13-40-17-24/h2-8,13-14,17,19,39H,9-12,15-16,18,32-33H2,1H3. The molecule has 0 bridgehead atoms. The van der Waals surface area contributed by atoms with Crippen LogP contribution in [0.15, 0.2) is 75.4 Å². The summed E-state index contributed by atoms with van der Waals surface area (Å²) in [6.07, 6.45) is 2.29. The molecule has 1 aliphatic rings. The Morgan fingerprint density at radius 2 is 1.90 bits per heavy atom. The van der Waals surface area contributed by atoms with E-state index in [1.54, 1.807) is 24.5 Å². The van der Waals surface area contributed by atoms with E-state index in [0.717, 1.165) is 22.3 Å². The zero-order valence-electron chi connectivity index (χ0n) is 22.4. The van der Waals surface area contributed by atoms with Gasteiger partial charge in [0.1, 0.15) is 17.2 Å². The van der Waals surface area contributed by atoms with Crippen molar-refractivity contribution in [3.63, 3.8) is 0 Å². The maximum atomic E-state index is 14.8. The number of hydrogen-bond acceptors (Lipinski definition) is 8. The average molecular weight is 561 g/mol. The molecule has 10 heteroatoms. The van der Waals surface area contributed by atoms with Gasteiger partial charge in [-0.1, -0.05) is 36.4 Å². The van der Waals surface area contributed by atoms with Crippen LogP contribution >= 0.6 is 11.3 Å². The Hall–Kier alpha value is -3.70. The Labute approximate surface area is 236 Å². The molecule has 0 unspecified atom stereocenters. The predicted octanol–water partition coefficient (Wildman–Crippen LogP) is 3.65. The topological polar surface area (TPSA) is 123 Å². The van der Waals surface area contributed by atoms with Gasteiger partial charge in [-0.25, -0.2) is 9.37 Å². The van der Waals surface area contributed by atoms with Gasteiger partial charge in [0.2, 0.25) is 0 Å². The average Bonchev–Trinajstić information content (AvgIpc) is 3.51. The summed E-state index contributed by atoms with van der Waals surface area (Å²) in [4.78, 5) is 24.1. The molecular formula is C30H33FN6O2S. The summed E-state index contributed by atoms with van der Waals surface area (Å²) >= 11 is 1.58. The smallest absolute Gasteiger partial charge is 0.277 e. The zero-order chi connectivity index (χ0) is 28.3. The van der Waals surface area contributed by atoms with Crippen LogP contribution in [0.25, 0.3) is 11.1 Å². The van der Waals surface area contributed by atoms with Gasteiger partial charge in [-0.15, -0.1) is 0 Å². The van der Waals surface area contributed by atoms with Crippen LogP contribution in [-0.2, 0) is 19.6 Å². The van der Waals surface area contributed by atoms with Gasteiger partial charge >= 0.3 is 0 Å². The van der Waals surface area contributed by atoms with Crippen LogP contribution in [0.3, 0.4) is 0 Å². The fourth-order valence-electron chi connectivity index (χ4n) is 5.10. The predicted molar refractivity (Wildman–Crippen MR) is 158 cm³/mol. The third-order valence-corrected chi connectivity index (χ3v) is 8.22. The lowest BCUT2D eigenvalue weighted by Gasteiger charge is -2.38. The van der Waals surface area contributed by atoms with E-state index in [0.29, 0.717) is 56.0 Å². The third-order valence-electron chi connectivity index (χ3n) is 7.54. The minimum Gasteiger partial charge on any atom is -0.392 e. The van der Waals surface area contributed by atoms with Gasteiger partial charge in [0.05, 0.1) is 24.2 Å². The summed E-state index contributed by atoms with van der Waals surface area (Å²) < 4.78 is 16.2. The molecule has 0 amide bonds. The second kappa shape index (κ2) is 11.8. The molecule has 208 valence electrons. The summed E-state index contributed by atoms with van der Waals surface area (Å²) in [6.45, 7) is 2.10. The maximum Gasteiger partial charge on any atom is 0.277 e. The van der Waals surface area contributed by atoms with Gasteiger partial charge in [0.15, 0.2) is 0 Å². The molecule has 0 spiro atoms. The lowest BCUT2D eigenvalue weighted by Crippen LogP contribution is -2.48. The van der Waals surface area contributed by atoms with E-state index in [-0.39, 0.29) is 18.0 Å². The van der Waals surface area contributed by atoms with Crippen molar-refractivity contribution in [3.8, 4) is 11.1 Å². The monoisotopic (exact) mass is 560 g/mol. The Balaban J connectivity index is 1.24. The van der Waals surface area contributed by atoms with Crippen molar-refractivity contribution in [2.24, 2.45) is 10.7 Å². The van der Waals surface area contributed by atoms with E-state index in [2.05, 4.69) is 14.9 Å². The lowest BCUT2D eigenvalue weighted by atomic mass is 9.91. The lowest BCUT2D eigenvalue weighted by molar-refractivity contribution is -0.0366. The van der Waals surface area contributed by atoms with E-state index in [9.17, 15) is 14.3 Å². The highest BCUT2D eigenvalue weighted by atomic mass is 32.1. The summed E-state index contributed by atoms with van der Waals surface area (Å²) in [5, 5.41) is 15.3. The molecule has 8 nitrogen and oxygen atoms in total. The number of nitrogen functional groups attached to an aromatic ring is 1. The zero-order valence-corrected chi connectivity index (χ0v) is 23.2. The highest BCUT2D eigenvalue weighted by molar-refractivity contribution is 7.08. The van der Waals surface area contributed by atoms with Crippen LogP contribution in [0, 0.1) is 5.82 Å². The fraction of sp³-hybridized carbons (Fsp3) is 0.300. The van der Waals surface area contributed by atoms with E-state index in [1.165, 1.54) is 10.9 Å². The molecule has 5 N–H and O–H groups in total. The SMILES string of the molecule is CN=C(c1ccc(CN)cc1)c1ncn(CC2(O)CCN(Cc3ccc(-c4ccsc4)cc3F)CC2)c(=O)c1N.